The molecule has 19 heavy (non-hydrogen) atoms. The number of hydrogen-bond acceptors (Lipinski definition) is 4. The van der Waals surface area contributed by atoms with E-state index in [1.165, 1.54) is 5.69 Å². The average molecular weight is 262 g/mol. The van der Waals surface area contributed by atoms with Crippen LogP contribution >= 0.6 is 0 Å². The van der Waals surface area contributed by atoms with Crippen molar-refractivity contribution >= 4 is 0 Å². The first kappa shape index (κ1) is 13.7. The first-order chi connectivity index (χ1) is 9.06. The quantitative estimate of drug-likeness (QED) is 0.847. The van der Waals surface area contributed by atoms with Gasteiger partial charge in [-0.2, -0.15) is 0 Å². The maximum atomic E-state index is 4.39. The van der Waals surface area contributed by atoms with Crippen LogP contribution in [0.5, 0.6) is 0 Å². The molecule has 0 saturated heterocycles. The van der Waals surface area contributed by atoms with Gasteiger partial charge in [-0.05, 0) is 19.4 Å². The molecule has 0 amide bonds. The Morgan fingerprint density at radius 2 is 2.16 bits per heavy atom. The normalized spacial score (nSPS) is 11.4. The van der Waals surface area contributed by atoms with Gasteiger partial charge in [0, 0.05) is 26.0 Å². The van der Waals surface area contributed by atoms with Gasteiger partial charge in [-0.1, -0.05) is 19.1 Å². The Kier molecular flexibility index (Phi) is 4.31. The van der Waals surface area contributed by atoms with Crippen molar-refractivity contribution in [2.75, 3.05) is 6.54 Å². The predicted molar refractivity (Wildman–Crippen MR) is 73.6 cm³/mol. The van der Waals surface area contributed by atoms with Crippen LogP contribution in [0.2, 0.25) is 0 Å². The topological polar surface area (TPSA) is 60.6 Å². The second-order valence-corrected chi connectivity index (χ2v) is 5.29. The maximum Gasteiger partial charge on any atom is 0.106 e. The van der Waals surface area contributed by atoms with Crippen LogP contribution in [0, 0.1) is 12.8 Å². The molecule has 0 aliphatic carbocycles. The van der Waals surface area contributed by atoms with Crippen LogP contribution in [-0.4, -0.2) is 31.1 Å². The zero-order valence-electron chi connectivity index (χ0n) is 12.1. The molecule has 1 N–H and O–H groups in total. The number of rotatable bonds is 6. The summed E-state index contributed by atoms with van der Waals surface area (Å²) in [4.78, 5) is 4.39. The van der Waals surface area contributed by atoms with Crippen LogP contribution in [0.25, 0.3) is 0 Å². The number of hydrogen-bond donors (Lipinski definition) is 1. The molecule has 0 bridgehead atoms. The zero-order chi connectivity index (χ0) is 13.8. The number of aryl methyl sites for hydroxylation is 2. The van der Waals surface area contributed by atoms with Gasteiger partial charge in [0.25, 0.3) is 0 Å². The maximum absolute atomic E-state index is 4.39. The Morgan fingerprint density at radius 1 is 1.37 bits per heavy atom. The zero-order valence-corrected chi connectivity index (χ0v) is 12.1. The van der Waals surface area contributed by atoms with E-state index in [0.29, 0.717) is 5.92 Å². The first-order valence-electron chi connectivity index (χ1n) is 6.63. The Balaban J connectivity index is 2.05. The van der Waals surface area contributed by atoms with E-state index in [2.05, 4.69) is 39.0 Å². The highest BCUT2D eigenvalue weighted by molar-refractivity contribution is 5.08. The molecule has 0 atom stereocenters. The third kappa shape index (κ3) is 3.64. The molecule has 6 heteroatoms. The summed E-state index contributed by atoms with van der Waals surface area (Å²) in [6, 6.07) is 0. The molecule has 6 nitrogen and oxygen atoms in total. The number of nitrogens with one attached hydrogen (secondary N) is 1. The van der Waals surface area contributed by atoms with E-state index in [4.69, 9.17) is 0 Å². The Bertz CT molecular complexity index is 525. The molecular weight excluding hydrogens is 240 g/mol. The highest BCUT2D eigenvalue weighted by Crippen LogP contribution is 2.08. The second-order valence-electron chi connectivity index (χ2n) is 5.29. The average Bonchev–Trinajstić information content (AvgIpc) is 2.89. The molecule has 2 aromatic heterocycles. The fourth-order valence-electron chi connectivity index (χ4n) is 1.99. The highest BCUT2D eigenvalue weighted by atomic mass is 15.4. The van der Waals surface area contributed by atoms with Crippen LogP contribution in [-0.2, 0) is 20.1 Å². The fraction of sp³-hybridized carbons (Fsp3) is 0.615. The lowest BCUT2D eigenvalue weighted by molar-refractivity contribution is 0.537. The van der Waals surface area contributed by atoms with Crippen molar-refractivity contribution in [2.45, 2.75) is 33.9 Å². The van der Waals surface area contributed by atoms with Crippen LogP contribution < -0.4 is 5.32 Å². The minimum atomic E-state index is 0.650. The number of imidazole rings is 1. The minimum Gasteiger partial charge on any atom is -0.325 e. The van der Waals surface area contributed by atoms with E-state index in [0.717, 1.165) is 31.2 Å². The lowest BCUT2D eigenvalue weighted by Gasteiger charge is -2.10. The van der Waals surface area contributed by atoms with E-state index >= 15 is 0 Å². The standard InChI is InChI=1S/C13H22N6/c1-10(2)5-14-6-13-7-15-11(3)19(13)9-12-8-18(4)17-16-12/h7-8,10,14H,5-6,9H2,1-4H3. The summed E-state index contributed by atoms with van der Waals surface area (Å²) in [6.07, 6.45) is 3.86. The van der Waals surface area contributed by atoms with E-state index in [1.807, 2.05) is 26.4 Å². The Hall–Kier alpha value is -1.69. The van der Waals surface area contributed by atoms with Crippen molar-refractivity contribution in [3.05, 3.63) is 29.6 Å². The van der Waals surface area contributed by atoms with Gasteiger partial charge in [-0.25, -0.2) is 4.98 Å². The molecule has 2 aromatic rings. The third-order valence-electron chi connectivity index (χ3n) is 2.97. The molecule has 104 valence electrons. The highest BCUT2D eigenvalue weighted by Gasteiger charge is 2.09. The fourth-order valence-corrected chi connectivity index (χ4v) is 1.99. The molecule has 0 radical (unpaired) electrons. The summed E-state index contributed by atoms with van der Waals surface area (Å²) in [5.74, 6) is 1.66. The second kappa shape index (κ2) is 5.97. The van der Waals surface area contributed by atoms with Gasteiger partial charge in [0.2, 0.25) is 0 Å². The summed E-state index contributed by atoms with van der Waals surface area (Å²) in [7, 11) is 1.88. The first-order valence-corrected chi connectivity index (χ1v) is 6.63. The summed E-state index contributed by atoms with van der Waals surface area (Å²) in [5, 5.41) is 11.5. The molecule has 0 aliphatic heterocycles. The monoisotopic (exact) mass is 262 g/mol. The minimum absolute atomic E-state index is 0.650. The van der Waals surface area contributed by atoms with Gasteiger partial charge in [0.15, 0.2) is 0 Å². The van der Waals surface area contributed by atoms with Crippen molar-refractivity contribution in [3.63, 3.8) is 0 Å². The Labute approximate surface area is 113 Å². The lowest BCUT2D eigenvalue weighted by Crippen LogP contribution is -2.21. The molecule has 0 aliphatic rings. The molecule has 0 fully saturated rings. The Morgan fingerprint density at radius 3 is 2.79 bits per heavy atom. The van der Waals surface area contributed by atoms with Crippen LogP contribution in [0.4, 0.5) is 0 Å². The summed E-state index contributed by atoms with van der Waals surface area (Å²) >= 11 is 0. The molecule has 2 rings (SSSR count). The smallest absolute Gasteiger partial charge is 0.106 e. The molecular formula is C13H22N6. The van der Waals surface area contributed by atoms with Gasteiger partial charge in [0.05, 0.1) is 12.2 Å². The summed E-state index contributed by atoms with van der Waals surface area (Å²) in [6.45, 7) is 8.99. The van der Waals surface area contributed by atoms with Crippen molar-refractivity contribution in [3.8, 4) is 0 Å². The SMILES string of the molecule is Cc1ncc(CNCC(C)C)n1Cc1cn(C)nn1. The molecule has 0 aromatic carbocycles. The number of nitrogens with zero attached hydrogens (tertiary/aromatic N) is 5. The third-order valence-corrected chi connectivity index (χ3v) is 2.97. The number of aromatic nitrogens is 5. The largest absolute Gasteiger partial charge is 0.325 e. The van der Waals surface area contributed by atoms with Crippen LogP contribution in [0.1, 0.15) is 31.1 Å². The summed E-state index contributed by atoms with van der Waals surface area (Å²) < 4.78 is 3.90. The summed E-state index contributed by atoms with van der Waals surface area (Å²) in [5.41, 5.74) is 2.14. The lowest BCUT2D eigenvalue weighted by atomic mass is 10.2. The van der Waals surface area contributed by atoms with Crippen molar-refractivity contribution in [1.29, 1.82) is 0 Å². The van der Waals surface area contributed by atoms with Gasteiger partial charge in [-0.3, -0.25) is 4.68 Å². The van der Waals surface area contributed by atoms with Crippen LogP contribution in [0.15, 0.2) is 12.4 Å². The van der Waals surface area contributed by atoms with Crippen molar-refractivity contribution in [2.24, 2.45) is 13.0 Å². The molecule has 2 heterocycles. The van der Waals surface area contributed by atoms with E-state index in [9.17, 15) is 0 Å². The molecule has 0 unspecified atom stereocenters. The van der Waals surface area contributed by atoms with Crippen molar-refractivity contribution in [1.82, 2.24) is 29.9 Å². The van der Waals surface area contributed by atoms with E-state index in [1.54, 1.807) is 4.68 Å². The van der Waals surface area contributed by atoms with Gasteiger partial charge in [0.1, 0.15) is 11.5 Å². The van der Waals surface area contributed by atoms with Gasteiger partial charge in [-0.15, -0.1) is 5.10 Å². The molecule has 0 spiro atoms. The van der Waals surface area contributed by atoms with Gasteiger partial charge >= 0.3 is 0 Å². The molecule has 0 saturated carbocycles. The van der Waals surface area contributed by atoms with E-state index in [-0.39, 0.29) is 0 Å². The van der Waals surface area contributed by atoms with Crippen molar-refractivity contribution < 1.29 is 0 Å². The van der Waals surface area contributed by atoms with Gasteiger partial charge < -0.3 is 9.88 Å². The predicted octanol–water partition coefficient (Wildman–Crippen LogP) is 1.11. The van der Waals surface area contributed by atoms with Crippen LogP contribution in [0.3, 0.4) is 0 Å². The van der Waals surface area contributed by atoms with E-state index < -0.39 is 0 Å².